The maximum Gasteiger partial charge on any atom is 0.163 e. The van der Waals surface area contributed by atoms with E-state index in [1.165, 1.54) is 16.7 Å². The molecule has 2 heterocycles. The van der Waals surface area contributed by atoms with Gasteiger partial charge in [-0.2, -0.15) is 0 Å². The van der Waals surface area contributed by atoms with Crippen LogP contribution in [0.5, 0.6) is 5.75 Å². The minimum atomic E-state index is -0.435. The van der Waals surface area contributed by atoms with Crippen LogP contribution in [0.3, 0.4) is 0 Å². The van der Waals surface area contributed by atoms with E-state index in [9.17, 15) is 4.39 Å². The van der Waals surface area contributed by atoms with Gasteiger partial charge in [-0.05, 0) is 49.1 Å². The third kappa shape index (κ3) is 1.34. The van der Waals surface area contributed by atoms with Gasteiger partial charge >= 0.3 is 0 Å². The molecular formula is C19H20FNO. The molecule has 2 aliphatic carbocycles. The number of likely N-dealkylation sites (tertiary alicyclic amines) is 1. The van der Waals surface area contributed by atoms with Crippen LogP contribution in [0.2, 0.25) is 0 Å². The second kappa shape index (κ2) is 4.23. The number of piperidine rings is 1. The first-order valence-electron chi connectivity index (χ1n) is 8.36. The molecule has 1 aromatic carbocycles. The topological polar surface area (TPSA) is 12.5 Å². The van der Waals surface area contributed by atoms with E-state index in [0.717, 1.165) is 38.1 Å². The van der Waals surface area contributed by atoms with Gasteiger partial charge in [-0.1, -0.05) is 25.1 Å². The van der Waals surface area contributed by atoms with Crippen LogP contribution in [0, 0.1) is 0 Å². The highest BCUT2D eigenvalue weighted by molar-refractivity contribution is 5.63. The van der Waals surface area contributed by atoms with Gasteiger partial charge in [0.15, 0.2) is 6.10 Å². The van der Waals surface area contributed by atoms with Crippen LogP contribution in [0.4, 0.5) is 4.39 Å². The molecule has 3 atom stereocenters. The molecule has 2 unspecified atom stereocenters. The van der Waals surface area contributed by atoms with Crippen molar-refractivity contribution in [2.24, 2.45) is 0 Å². The first-order valence-corrected chi connectivity index (χ1v) is 8.36. The molecule has 22 heavy (non-hydrogen) atoms. The molecule has 1 saturated heterocycles. The van der Waals surface area contributed by atoms with E-state index in [1.807, 2.05) is 12.1 Å². The highest BCUT2D eigenvalue weighted by Gasteiger charge is 2.61. The van der Waals surface area contributed by atoms with Crippen molar-refractivity contribution < 1.29 is 9.13 Å². The Labute approximate surface area is 130 Å². The zero-order chi connectivity index (χ0) is 14.9. The standard InChI is InChI=1S/C19H20FNO/c1-2-9-21-10-8-19-13-6-7-14(20)18(19)22-16-5-3-4-12(17(16)19)11-15(13)21/h3-7,15,18H,2,8-11H2,1H3/t15?,18-,19?/m0/s1. The number of rotatable bonds is 2. The summed E-state index contributed by atoms with van der Waals surface area (Å²) in [5.41, 5.74) is 3.79. The van der Waals surface area contributed by atoms with Crippen LogP contribution in [0.1, 0.15) is 30.9 Å². The van der Waals surface area contributed by atoms with E-state index in [1.54, 1.807) is 6.08 Å². The fraction of sp³-hybridized carbons (Fsp3) is 0.474. The number of halogens is 1. The molecule has 1 fully saturated rings. The Balaban J connectivity index is 1.77. The minimum absolute atomic E-state index is 0.115. The van der Waals surface area contributed by atoms with Gasteiger partial charge in [0.05, 0.1) is 5.41 Å². The average Bonchev–Trinajstić information content (AvgIpc) is 2.86. The minimum Gasteiger partial charge on any atom is -0.482 e. The molecule has 3 heteroatoms. The Bertz CT molecular complexity index is 722. The molecule has 0 aromatic heterocycles. The molecule has 0 amide bonds. The molecule has 2 nitrogen and oxygen atoms in total. The van der Waals surface area contributed by atoms with E-state index < -0.39 is 6.10 Å². The van der Waals surface area contributed by atoms with Gasteiger partial charge < -0.3 is 4.74 Å². The van der Waals surface area contributed by atoms with Crippen molar-refractivity contribution in [1.29, 1.82) is 0 Å². The summed E-state index contributed by atoms with van der Waals surface area (Å²) in [5.74, 6) is 0.789. The lowest BCUT2D eigenvalue weighted by Crippen LogP contribution is -2.59. The van der Waals surface area contributed by atoms with Crippen molar-refractivity contribution in [2.45, 2.75) is 43.7 Å². The maximum atomic E-state index is 14.5. The van der Waals surface area contributed by atoms with E-state index in [-0.39, 0.29) is 11.2 Å². The number of benzene rings is 1. The van der Waals surface area contributed by atoms with E-state index >= 15 is 0 Å². The normalized spacial score (nSPS) is 34.6. The molecule has 2 bridgehead atoms. The fourth-order valence-corrected chi connectivity index (χ4v) is 5.19. The summed E-state index contributed by atoms with van der Waals surface area (Å²) in [7, 11) is 0. The van der Waals surface area contributed by atoms with Crippen LogP contribution in [-0.2, 0) is 11.8 Å². The summed E-state index contributed by atoms with van der Waals surface area (Å²) >= 11 is 0. The lowest BCUT2D eigenvalue weighted by molar-refractivity contribution is 0.0851. The van der Waals surface area contributed by atoms with Gasteiger partial charge in [-0.25, -0.2) is 4.39 Å². The number of nitrogens with zero attached hydrogens (tertiary/aromatic N) is 1. The Morgan fingerprint density at radius 3 is 3.14 bits per heavy atom. The van der Waals surface area contributed by atoms with Crippen LogP contribution in [-0.4, -0.2) is 30.1 Å². The molecule has 0 N–H and O–H groups in total. The largest absolute Gasteiger partial charge is 0.482 e. The number of hydrogen-bond donors (Lipinski definition) is 0. The predicted octanol–water partition coefficient (Wildman–Crippen LogP) is 3.52. The zero-order valence-electron chi connectivity index (χ0n) is 12.8. The SMILES string of the molecule is CCCN1CCC23C4=CC=C(F)[C@@H]2Oc2cccc(c23)CC41. The molecule has 1 spiro atoms. The zero-order valence-corrected chi connectivity index (χ0v) is 12.8. The first-order chi connectivity index (χ1) is 10.8. The molecule has 2 aliphatic heterocycles. The second-order valence-electron chi connectivity index (χ2n) is 6.94. The van der Waals surface area contributed by atoms with Crippen molar-refractivity contribution in [3.8, 4) is 5.75 Å². The second-order valence-corrected chi connectivity index (χ2v) is 6.94. The van der Waals surface area contributed by atoms with Crippen molar-refractivity contribution in [3.63, 3.8) is 0 Å². The van der Waals surface area contributed by atoms with E-state index in [4.69, 9.17) is 4.74 Å². The molecule has 1 aromatic rings. The van der Waals surface area contributed by atoms with Crippen molar-refractivity contribution in [3.05, 3.63) is 52.9 Å². The van der Waals surface area contributed by atoms with Crippen LogP contribution in [0.25, 0.3) is 0 Å². The molecule has 4 aliphatic rings. The van der Waals surface area contributed by atoms with Crippen molar-refractivity contribution in [2.75, 3.05) is 13.1 Å². The van der Waals surface area contributed by atoms with Gasteiger partial charge in [-0.3, -0.25) is 4.90 Å². The van der Waals surface area contributed by atoms with Gasteiger partial charge in [-0.15, -0.1) is 0 Å². The summed E-state index contributed by atoms with van der Waals surface area (Å²) in [6, 6.07) is 6.68. The monoisotopic (exact) mass is 297 g/mol. The third-order valence-electron chi connectivity index (χ3n) is 5.96. The van der Waals surface area contributed by atoms with Crippen LogP contribution >= 0.6 is 0 Å². The third-order valence-corrected chi connectivity index (χ3v) is 5.96. The molecular weight excluding hydrogens is 277 g/mol. The lowest BCUT2D eigenvalue weighted by Gasteiger charge is -2.53. The highest BCUT2D eigenvalue weighted by Crippen LogP contribution is 2.60. The Morgan fingerprint density at radius 2 is 2.27 bits per heavy atom. The molecule has 5 rings (SSSR count). The maximum absolute atomic E-state index is 14.5. The van der Waals surface area contributed by atoms with Gasteiger partial charge in [0.2, 0.25) is 0 Å². The number of allylic oxidation sites excluding steroid dienone is 2. The molecule has 114 valence electrons. The summed E-state index contributed by atoms with van der Waals surface area (Å²) in [5, 5.41) is 0. The summed E-state index contributed by atoms with van der Waals surface area (Å²) < 4.78 is 20.6. The Kier molecular flexibility index (Phi) is 2.48. The summed E-state index contributed by atoms with van der Waals surface area (Å²) in [6.07, 6.45) is 6.40. The summed E-state index contributed by atoms with van der Waals surface area (Å²) in [6.45, 7) is 4.39. The fourth-order valence-electron chi connectivity index (χ4n) is 5.19. The average molecular weight is 297 g/mol. The van der Waals surface area contributed by atoms with E-state index in [0.29, 0.717) is 6.04 Å². The number of ether oxygens (including phenoxy) is 1. The first kappa shape index (κ1) is 12.9. The predicted molar refractivity (Wildman–Crippen MR) is 83.8 cm³/mol. The van der Waals surface area contributed by atoms with Gasteiger partial charge in [0.25, 0.3) is 0 Å². The highest BCUT2D eigenvalue weighted by atomic mass is 19.1. The summed E-state index contributed by atoms with van der Waals surface area (Å²) in [4.78, 5) is 2.58. The quantitative estimate of drug-likeness (QED) is 0.828. The Hall–Kier alpha value is -1.61. The van der Waals surface area contributed by atoms with Crippen LogP contribution in [0.15, 0.2) is 41.8 Å². The molecule has 0 radical (unpaired) electrons. The lowest BCUT2D eigenvalue weighted by atomic mass is 9.57. The van der Waals surface area contributed by atoms with Gasteiger partial charge in [0.1, 0.15) is 11.6 Å². The smallest absolute Gasteiger partial charge is 0.163 e. The van der Waals surface area contributed by atoms with Gasteiger partial charge in [0, 0.05) is 18.2 Å². The number of hydrogen-bond acceptors (Lipinski definition) is 2. The Morgan fingerprint density at radius 1 is 1.36 bits per heavy atom. The molecule has 0 saturated carbocycles. The van der Waals surface area contributed by atoms with Crippen molar-refractivity contribution in [1.82, 2.24) is 4.90 Å². The van der Waals surface area contributed by atoms with Crippen LogP contribution < -0.4 is 4.74 Å². The van der Waals surface area contributed by atoms with E-state index in [2.05, 4.69) is 24.0 Å². The van der Waals surface area contributed by atoms with Crippen molar-refractivity contribution >= 4 is 0 Å².